The van der Waals surface area contributed by atoms with Crippen molar-refractivity contribution in [3.8, 4) is 0 Å². The maximum atomic E-state index is 11.6. The number of nitrogens with one attached hydrogen (secondary N) is 2. The van der Waals surface area contributed by atoms with E-state index in [2.05, 4.69) is 10.6 Å². The Morgan fingerprint density at radius 3 is 2.83 bits per heavy atom. The lowest BCUT2D eigenvalue weighted by atomic mass is 10.2. The van der Waals surface area contributed by atoms with E-state index in [4.69, 9.17) is 11.6 Å². The van der Waals surface area contributed by atoms with Gasteiger partial charge in [0, 0.05) is 17.5 Å². The highest BCUT2D eigenvalue weighted by Crippen LogP contribution is 2.21. The maximum Gasteiger partial charge on any atom is 0.233 e. The first-order chi connectivity index (χ1) is 8.74. The molecule has 0 unspecified atom stereocenters. The molecule has 2 N–H and O–H groups in total. The van der Waals surface area contributed by atoms with Crippen molar-refractivity contribution in [2.45, 2.75) is 38.1 Å². The summed E-state index contributed by atoms with van der Waals surface area (Å²) in [4.78, 5) is 12.8. The molecule has 1 aromatic heterocycles. The standard InChI is InChI=1S/C13H19ClN2OS/c14-12-6-5-11(18-12)7-8-15-13(17)9-16-10-3-1-2-4-10/h5-6,10,16H,1-4,7-9H2,(H,15,17). The van der Waals surface area contributed by atoms with Crippen molar-refractivity contribution >= 4 is 28.8 Å². The molecule has 2 rings (SSSR count). The molecule has 0 aliphatic heterocycles. The molecular formula is C13H19ClN2OS. The van der Waals surface area contributed by atoms with Gasteiger partial charge in [-0.2, -0.15) is 0 Å². The van der Waals surface area contributed by atoms with Crippen LogP contribution in [0, 0.1) is 0 Å². The Bertz CT molecular complexity index is 388. The molecule has 1 heterocycles. The Kier molecular flexibility index (Phi) is 5.47. The Morgan fingerprint density at radius 2 is 2.17 bits per heavy atom. The molecule has 1 fully saturated rings. The molecule has 1 aliphatic rings. The summed E-state index contributed by atoms with van der Waals surface area (Å²) in [5.41, 5.74) is 0. The van der Waals surface area contributed by atoms with Crippen molar-refractivity contribution in [1.29, 1.82) is 0 Å². The number of halogens is 1. The fourth-order valence-corrected chi connectivity index (χ4v) is 3.33. The highest BCUT2D eigenvalue weighted by atomic mass is 35.5. The summed E-state index contributed by atoms with van der Waals surface area (Å²) < 4.78 is 0.805. The smallest absolute Gasteiger partial charge is 0.233 e. The quantitative estimate of drug-likeness (QED) is 0.844. The average Bonchev–Trinajstić information content (AvgIpc) is 2.98. The minimum absolute atomic E-state index is 0.0875. The van der Waals surface area contributed by atoms with Gasteiger partial charge in [0.05, 0.1) is 10.9 Å². The van der Waals surface area contributed by atoms with Crippen LogP contribution in [0.3, 0.4) is 0 Å². The predicted molar refractivity (Wildman–Crippen MR) is 76.3 cm³/mol. The first-order valence-corrected chi connectivity index (χ1v) is 7.68. The van der Waals surface area contributed by atoms with Crippen LogP contribution in [-0.4, -0.2) is 25.0 Å². The van der Waals surface area contributed by atoms with E-state index in [0.29, 0.717) is 19.1 Å². The summed E-state index contributed by atoms with van der Waals surface area (Å²) in [5.74, 6) is 0.0875. The van der Waals surface area contributed by atoms with Crippen molar-refractivity contribution < 1.29 is 4.79 Å². The summed E-state index contributed by atoms with van der Waals surface area (Å²) >= 11 is 7.42. The lowest BCUT2D eigenvalue weighted by Crippen LogP contribution is -2.38. The zero-order chi connectivity index (χ0) is 12.8. The first kappa shape index (κ1) is 13.8. The second-order valence-corrected chi connectivity index (χ2v) is 6.47. The molecule has 0 radical (unpaired) electrons. The van der Waals surface area contributed by atoms with Gasteiger partial charge in [0.1, 0.15) is 0 Å². The number of carbonyl (C=O) groups is 1. The predicted octanol–water partition coefficient (Wildman–Crippen LogP) is 2.59. The van der Waals surface area contributed by atoms with Gasteiger partial charge in [-0.05, 0) is 31.4 Å². The summed E-state index contributed by atoms with van der Waals surface area (Å²) in [6.07, 6.45) is 5.85. The Hall–Kier alpha value is -0.580. The molecule has 1 amide bonds. The highest BCUT2D eigenvalue weighted by molar-refractivity contribution is 7.16. The zero-order valence-corrected chi connectivity index (χ0v) is 11.9. The molecule has 1 saturated carbocycles. The number of rotatable bonds is 6. The molecule has 1 aliphatic carbocycles. The van der Waals surface area contributed by atoms with E-state index in [-0.39, 0.29) is 5.91 Å². The molecule has 0 spiro atoms. The molecule has 5 heteroatoms. The van der Waals surface area contributed by atoms with Crippen molar-refractivity contribution in [3.05, 3.63) is 21.3 Å². The number of hydrogen-bond acceptors (Lipinski definition) is 3. The third-order valence-electron chi connectivity index (χ3n) is 3.23. The lowest BCUT2D eigenvalue weighted by Gasteiger charge is -2.11. The van der Waals surface area contributed by atoms with Crippen molar-refractivity contribution in [3.63, 3.8) is 0 Å². The minimum atomic E-state index is 0.0875. The third-order valence-corrected chi connectivity index (χ3v) is 4.52. The zero-order valence-electron chi connectivity index (χ0n) is 10.4. The van der Waals surface area contributed by atoms with Gasteiger partial charge in [0.15, 0.2) is 0 Å². The molecule has 1 aromatic rings. The van der Waals surface area contributed by atoms with Gasteiger partial charge in [0.25, 0.3) is 0 Å². The minimum Gasteiger partial charge on any atom is -0.355 e. The van der Waals surface area contributed by atoms with Crippen molar-refractivity contribution in [2.24, 2.45) is 0 Å². The maximum absolute atomic E-state index is 11.6. The third kappa shape index (κ3) is 4.59. The molecule has 0 saturated heterocycles. The molecule has 3 nitrogen and oxygen atoms in total. The van der Waals surface area contributed by atoms with Crippen LogP contribution < -0.4 is 10.6 Å². The average molecular weight is 287 g/mol. The van der Waals surface area contributed by atoms with Gasteiger partial charge >= 0.3 is 0 Å². The number of hydrogen-bond donors (Lipinski definition) is 2. The fraction of sp³-hybridized carbons (Fsp3) is 0.615. The molecule has 18 heavy (non-hydrogen) atoms. The van der Waals surface area contributed by atoms with Gasteiger partial charge in [-0.25, -0.2) is 0 Å². The molecule has 100 valence electrons. The van der Waals surface area contributed by atoms with Gasteiger partial charge in [-0.15, -0.1) is 11.3 Å². The van der Waals surface area contributed by atoms with Gasteiger partial charge in [-0.1, -0.05) is 24.4 Å². The molecule has 0 atom stereocenters. The van der Waals surface area contributed by atoms with Crippen LogP contribution >= 0.6 is 22.9 Å². The number of carbonyl (C=O) groups excluding carboxylic acids is 1. The second-order valence-electron chi connectivity index (χ2n) is 4.67. The lowest BCUT2D eigenvalue weighted by molar-refractivity contribution is -0.120. The normalized spacial score (nSPS) is 16.1. The van der Waals surface area contributed by atoms with Gasteiger partial charge < -0.3 is 10.6 Å². The topological polar surface area (TPSA) is 41.1 Å². The number of amides is 1. The van der Waals surface area contributed by atoms with Crippen molar-refractivity contribution in [1.82, 2.24) is 10.6 Å². The summed E-state index contributed by atoms with van der Waals surface area (Å²) in [5, 5.41) is 6.23. The Labute approximate surface area is 117 Å². The van der Waals surface area contributed by atoms with Crippen LogP contribution in [0.4, 0.5) is 0 Å². The summed E-state index contributed by atoms with van der Waals surface area (Å²) in [6, 6.07) is 4.45. The van der Waals surface area contributed by atoms with Crippen LogP contribution in [0.5, 0.6) is 0 Å². The van der Waals surface area contributed by atoms with Crippen LogP contribution in [0.1, 0.15) is 30.6 Å². The van der Waals surface area contributed by atoms with E-state index in [1.54, 1.807) is 11.3 Å². The van der Waals surface area contributed by atoms with Crippen molar-refractivity contribution in [2.75, 3.05) is 13.1 Å². The van der Waals surface area contributed by atoms with E-state index in [1.165, 1.54) is 30.6 Å². The molecule has 0 bridgehead atoms. The highest BCUT2D eigenvalue weighted by Gasteiger charge is 2.14. The van der Waals surface area contributed by atoms with Crippen LogP contribution in [0.15, 0.2) is 12.1 Å². The van der Waals surface area contributed by atoms with Crippen LogP contribution in [0.2, 0.25) is 4.34 Å². The first-order valence-electron chi connectivity index (χ1n) is 6.48. The van der Waals surface area contributed by atoms with Gasteiger partial charge in [0.2, 0.25) is 5.91 Å². The SMILES string of the molecule is O=C(CNC1CCCC1)NCCc1ccc(Cl)s1. The monoisotopic (exact) mass is 286 g/mol. The Morgan fingerprint density at radius 1 is 1.39 bits per heavy atom. The van der Waals surface area contributed by atoms with E-state index >= 15 is 0 Å². The summed E-state index contributed by atoms with van der Waals surface area (Å²) in [6.45, 7) is 1.12. The van der Waals surface area contributed by atoms with Crippen LogP contribution in [-0.2, 0) is 11.2 Å². The largest absolute Gasteiger partial charge is 0.355 e. The molecule has 0 aromatic carbocycles. The van der Waals surface area contributed by atoms with Gasteiger partial charge in [-0.3, -0.25) is 4.79 Å². The fourth-order valence-electron chi connectivity index (χ4n) is 2.24. The van der Waals surface area contributed by atoms with E-state index in [1.807, 2.05) is 12.1 Å². The van der Waals surface area contributed by atoms with E-state index < -0.39 is 0 Å². The Balaban J connectivity index is 1.57. The van der Waals surface area contributed by atoms with E-state index in [0.717, 1.165) is 10.8 Å². The summed E-state index contributed by atoms with van der Waals surface area (Å²) in [7, 11) is 0. The number of thiophene rings is 1. The second kappa shape index (κ2) is 7.12. The molecular weight excluding hydrogens is 268 g/mol. The van der Waals surface area contributed by atoms with Crippen LogP contribution in [0.25, 0.3) is 0 Å². The van der Waals surface area contributed by atoms with E-state index in [9.17, 15) is 4.79 Å².